The second kappa shape index (κ2) is 6.08. The Labute approximate surface area is 134 Å². The zero-order chi connectivity index (χ0) is 14.8. The molecule has 0 spiro atoms. The summed E-state index contributed by atoms with van der Waals surface area (Å²) in [5.41, 5.74) is 4.36. The summed E-state index contributed by atoms with van der Waals surface area (Å²) in [4.78, 5) is 4.62. The van der Waals surface area contributed by atoms with Gasteiger partial charge in [-0.1, -0.05) is 43.1 Å². The highest BCUT2D eigenvalue weighted by atomic mass is 35.5. The Bertz CT molecular complexity index is 778. The largest absolute Gasteiger partial charge is 0.295 e. The molecule has 3 aromatic rings. The molecule has 1 aromatic heterocycles. The molecule has 0 aliphatic carbocycles. The van der Waals surface area contributed by atoms with Crippen LogP contribution in [0.1, 0.15) is 24.7 Å². The predicted octanol–water partition coefficient (Wildman–Crippen LogP) is 5.37. The Balaban J connectivity index is 2.30. The van der Waals surface area contributed by atoms with E-state index in [4.69, 9.17) is 23.2 Å². The SMILES string of the molecule is CCCc1ccccc1-n1c(CCl)nc2ccc(Cl)cc21. The number of rotatable bonds is 4. The van der Waals surface area contributed by atoms with Gasteiger partial charge in [-0.25, -0.2) is 4.98 Å². The summed E-state index contributed by atoms with van der Waals surface area (Å²) in [7, 11) is 0. The average molecular weight is 319 g/mol. The third kappa shape index (κ3) is 2.66. The number of fused-ring (bicyclic) bond motifs is 1. The number of para-hydroxylation sites is 1. The molecule has 0 saturated heterocycles. The van der Waals surface area contributed by atoms with Crippen LogP contribution in [0.5, 0.6) is 0 Å². The molecule has 0 atom stereocenters. The van der Waals surface area contributed by atoms with Crippen LogP contribution in [0.2, 0.25) is 5.02 Å². The van der Waals surface area contributed by atoms with Crippen LogP contribution in [-0.2, 0) is 12.3 Å². The Hall–Kier alpha value is -1.51. The molecule has 3 rings (SSSR count). The highest BCUT2D eigenvalue weighted by molar-refractivity contribution is 6.31. The van der Waals surface area contributed by atoms with Crippen LogP contribution in [0.25, 0.3) is 16.7 Å². The maximum atomic E-state index is 6.16. The number of imidazole rings is 1. The van der Waals surface area contributed by atoms with E-state index >= 15 is 0 Å². The van der Waals surface area contributed by atoms with Gasteiger partial charge in [0, 0.05) is 5.02 Å². The Kier molecular flexibility index (Phi) is 4.18. The van der Waals surface area contributed by atoms with Crippen LogP contribution in [0.15, 0.2) is 42.5 Å². The normalized spacial score (nSPS) is 11.2. The van der Waals surface area contributed by atoms with Gasteiger partial charge in [-0.3, -0.25) is 4.57 Å². The number of hydrogen-bond acceptors (Lipinski definition) is 1. The van der Waals surface area contributed by atoms with Gasteiger partial charge in [-0.15, -0.1) is 11.6 Å². The van der Waals surface area contributed by atoms with Crippen LogP contribution >= 0.6 is 23.2 Å². The molecule has 108 valence electrons. The van der Waals surface area contributed by atoms with E-state index in [2.05, 4.69) is 34.7 Å². The van der Waals surface area contributed by atoms with Crippen LogP contribution in [0.4, 0.5) is 0 Å². The topological polar surface area (TPSA) is 17.8 Å². The fourth-order valence-electron chi connectivity index (χ4n) is 2.67. The van der Waals surface area contributed by atoms with E-state index in [-0.39, 0.29) is 0 Å². The van der Waals surface area contributed by atoms with Gasteiger partial charge in [0.15, 0.2) is 0 Å². The van der Waals surface area contributed by atoms with Crippen molar-refractivity contribution in [2.45, 2.75) is 25.6 Å². The standard InChI is InChI=1S/C17H16Cl2N2/c1-2-5-12-6-3-4-7-15(12)21-16-10-13(19)8-9-14(16)20-17(21)11-18/h3-4,6-10H,2,5,11H2,1H3. The zero-order valence-corrected chi connectivity index (χ0v) is 13.3. The van der Waals surface area contributed by atoms with Gasteiger partial charge in [0.2, 0.25) is 0 Å². The second-order valence-corrected chi connectivity index (χ2v) is 5.71. The lowest BCUT2D eigenvalue weighted by molar-refractivity contribution is 0.889. The molecule has 2 aromatic carbocycles. The third-order valence-corrected chi connectivity index (χ3v) is 4.03. The molecule has 0 aliphatic rings. The number of hydrogen-bond donors (Lipinski definition) is 0. The summed E-state index contributed by atoms with van der Waals surface area (Å²) in [5.74, 6) is 1.21. The summed E-state index contributed by atoms with van der Waals surface area (Å²) in [6.07, 6.45) is 2.12. The molecule has 1 heterocycles. The monoisotopic (exact) mass is 318 g/mol. The van der Waals surface area contributed by atoms with E-state index in [0.29, 0.717) is 10.9 Å². The summed E-state index contributed by atoms with van der Waals surface area (Å²) in [6.45, 7) is 2.18. The Morgan fingerprint density at radius 1 is 1.14 bits per heavy atom. The van der Waals surface area contributed by atoms with E-state index in [1.165, 1.54) is 5.56 Å². The number of halogens is 2. The minimum atomic E-state index is 0.368. The molecule has 0 bridgehead atoms. The smallest absolute Gasteiger partial charge is 0.129 e. The van der Waals surface area contributed by atoms with Crippen LogP contribution in [-0.4, -0.2) is 9.55 Å². The van der Waals surface area contributed by atoms with Crippen LogP contribution in [0.3, 0.4) is 0 Å². The molecule has 21 heavy (non-hydrogen) atoms. The minimum Gasteiger partial charge on any atom is -0.295 e. The molecule has 0 N–H and O–H groups in total. The van der Waals surface area contributed by atoms with Crippen molar-refractivity contribution in [3.63, 3.8) is 0 Å². The van der Waals surface area contributed by atoms with Gasteiger partial charge in [-0.05, 0) is 36.2 Å². The van der Waals surface area contributed by atoms with Gasteiger partial charge in [0.25, 0.3) is 0 Å². The Morgan fingerprint density at radius 2 is 1.95 bits per heavy atom. The third-order valence-electron chi connectivity index (χ3n) is 3.56. The molecule has 0 aliphatic heterocycles. The molecule has 2 nitrogen and oxygen atoms in total. The first-order valence-corrected chi connectivity index (χ1v) is 7.97. The molecule has 0 amide bonds. The van der Waals surface area contributed by atoms with E-state index in [1.54, 1.807) is 0 Å². The first kappa shape index (κ1) is 14.4. The summed E-state index contributed by atoms with van der Waals surface area (Å²) in [6, 6.07) is 14.1. The maximum Gasteiger partial charge on any atom is 0.129 e. The van der Waals surface area contributed by atoms with Gasteiger partial charge in [0.1, 0.15) is 5.82 Å². The molecular formula is C17H16Cl2N2. The maximum absolute atomic E-state index is 6.16. The minimum absolute atomic E-state index is 0.368. The van der Waals surface area contributed by atoms with Crippen molar-refractivity contribution in [3.8, 4) is 5.69 Å². The van der Waals surface area contributed by atoms with Gasteiger partial charge >= 0.3 is 0 Å². The van der Waals surface area contributed by atoms with Crippen molar-refractivity contribution in [1.82, 2.24) is 9.55 Å². The van der Waals surface area contributed by atoms with E-state index < -0.39 is 0 Å². The van der Waals surface area contributed by atoms with Crippen molar-refractivity contribution < 1.29 is 0 Å². The van der Waals surface area contributed by atoms with Gasteiger partial charge in [0.05, 0.1) is 22.6 Å². The number of alkyl halides is 1. The summed E-state index contributed by atoms with van der Waals surface area (Å²) >= 11 is 12.3. The molecular weight excluding hydrogens is 303 g/mol. The number of benzene rings is 2. The van der Waals surface area contributed by atoms with E-state index in [0.717, 1.165) is 35.4 Å². The van der Waals surface area contributed by atoms with Crippen molar-refractivity contribution >= 4 is 34.2 Å². The van der Waals surface area contributed by atoms with E-state index in [9.17, 15) is 0 Å². The average Bonchev–Trinajstić information content (AvgIpc) is 2.86. The number of aromatic nitrogens is 2. The quantitative estimate of drug-likeness (QED) is 0.591. The highest BCUT2D eigenvalue weighted by Crippen LogP contribution is 2.27. The lowest BCUT2D eigenvalue weighted by Crippen LogP contribution is -2.03. The van der Waals surface area contributed by atoms with Crippen molar-refractivity contribution in [1.29, 1.82) is 0 Å². The predicted molar refractivity (Wildman–Crippen MR) is 89.6 cm³/mol. The molecule has 0 unspecified atom stereocenters. The lowest BCUT2D eigenvalue weighted by atomic mass is 10.1. The van der Waals surface area contributed by atoms with E-state index in [1.807, 2.05) is 24.3 Å². The van der Waals surface area contributed by atoms with Crippen molar-refractivity contribution in [2.24, 2.45) is 0 Å². The van der Waals surface area contributed by atoms with Crippen LogP contribution in [0, 0.1) is 0 Å². The molecule has 0 saturated carbocycles. The number of aryl methyl sites for hydroxylation is 1. The highest BCUT2D eigenvalue weighted by Gasteiger charge is 2.14. The Morgan fingerprint density at radius 3 is 2.71 bits per heavy atom. The second-order valence-electron chi connectivity index (χ2n) is 5.01. The first-order chi connectivity index (χ1) is 10.2. The van der Waals surface area contributed by atoms with Crippen molar-refractivity contribution in [3.05, 3.63) is 58.9 Å². The lowest BCUT2D eigenvalue weighted by Gasteiger charge is -2.13. The van der Waals surface area contributed by atoms with Gasteiger partial charge in [-0.2, -0.15) is 0 Å². The summed E-state index contributed by atoms with van der Waals surface area (Å²) in [5, 5.41) is 0.706. The zero-order valence-electron chi connectivity index (χ0n) is 11.8. The fraction of sp³-hybridized carbons (Fsp3) is 0.235. The molecule has 4 heteroatoms. The summed E-state index contributed by atoms with van der Waals surface area (Å²) < 4.78 is 2.12. The van der Waals surface area contributed by atoms with Gasteiger partial charge < -0.3 is 0 Å². The molecule has 0 fully saturated rings. The number of nitrogens with zero attached hydrogens (tertiary/aromatic N) is 2. The fourth-order valence-corrected chi connectivity index (χ4v) is 3.01. The van der Waals surface area contributed by atoms with Crippen molar-refractivity contribution in [2.75, 3.05) is 0 Å². The first-order valence-electron chi connectivity index (χ1n) is 7.05. The molecule has 0 radical (unpaired) electrons. The van der Waals surface area contributed by atoms with Crippen LogP contribution < -0.4 is 0 Å².